The molecule has 0 amide bonds. The molecule has 0 aromatic carbocycles. The minimum absolute atomic E-state index is 0.274. The fourth-order valence-corrected chi connectivity index (χ4v) is 2.00. The van der Waals surface area contributed by atoms with Gasteiger partial charge in [-0.1, -0.05) is 0 Å². The third-order valence-electron chi connectivity index (χ3n) is 2.12. The summed E-state index contributed by atoms with van der Waals surface area (Å²) in [6, 6.07) is 1.20. The second kappa shape index (κ2) is 6.36. The zero-order valence-electron chi connectivity index (χ0n) is 9.73. The molecule has 1 atom stereocenters. The molecule has 0 spiro atoms. The number of nitrogens with one attached hydrogen (secondary N) is 1. The Labute approximate surface area is 103 Å². The monoisotopic (exact) mass is 257 g/mol. The van der Waals surface area contributed by atoms with Gasteiger partial charge in [-0.25, -0.2) is 4.79 Å². The molecule has 0 saturated heterocycles. The molecule has 0 saturated carbocycles. The minimum atomic E-state index is -0.939. The van der Waals surface area contributed by atoms with Gasteiger partial charge < -0.3 is 9.84 Å². The number of hydrogen-bond donors (Lipinski definition) is 2. The van der Waals surface area contributed by atoms with Gasteiger partial charge >= 0.3 is 11.9 Å². The van der Waals surface area contributed by atoms with E-state index in [0.717, 1.165) is 4.88 Å². The lowest BCUT2D eigenvalue weighted by atomic mass is 10.3. The van der Waals surface area contributed by atoms with E-state index < -0.39 is 12.0 Å². The van der Waals surface area contributed by atoms with Crippen molar-refractivity contribution in [3.05, 3.63) is 21.9 Å². The number of carboxylic acid groups (broad SMARTS) is 1. The summed E-state index contributed by atoms with van der Waals surface area (Å²) in [5, 5.41) is 13.3. The number of hydrogen-bond acceptors (Lipinski definition) is 5. The Morgan fingerprint density at radius 1 is 1.59 bits per heavy atom. The third-order valence-corrected chi connectivity index (χ3v) is 3.06. The smallest absolute Gasteiger partial charge is 0.336 e. The third kappa shape index (κ3) is 4.16. The Kier molecular flexibility index (Phi) is 5.11. The highest BCUT2D eigenvalue weighted by Crippen LogP contribution is 2.14. The largest absolute Gasteiger partial charge is 0.478 e. The van der Waals surface area contributed by atoms with Crippen molar-refractivity contribution in [3.8, 4) is 0 Å². The van der Waals surface area contributed by atoms with Crippen molar-refractivity contribution in [2.75, 3.05) is 6.61 Å². The van der Waals surface area contributed by atoms with Crippen LogP contribution in [-0.4, -0.2) is 29.7 Å². The second-order valence-electron chi connectivity index (χ2n) is 3.46. The van der Waals surface area contributed by atoms with Crippen LogP contribution in [0.1, 0.15) is 29.1 Å². The molecule has 94 valence electrons. The zero-order valence-corrected chi connectivity index (χ0v) is 10.5. The summed E-state index contributed by atoms with van der Waals surface area (Å²) in [6.45, 7) is 4.28. The lowest BCUT2D eigenvalue weighted by Crippen LogP contribution is -2.34. The molecule has 1 unspecified atom stereocenters. The first-order chi connectivity index (χ1) is 8.04. The summed E-state index contributed by atoms with van der Waals surface area (Å²) < 4.78 is 4.84. The molecule has 2 N–H and O–H groups in total. The quantitative estimate of drug-likeness (QED) is 0.755. The van der Waals surface area contributed by atoms with Crippen LogP contribution in [0, 0.1) is 0 Å². The maximum absolute atomic E-state index is 11.3. The zero-order chi connectivity index (χ0) is 12.8. The van der Waals surface area contributed by atoms with Crippen LogP contribution in [0.15, 0.2) is 11.4 Å². The number of ether oxygens (including phenoxy) is 1. The first-order valence-electron chi connectivity index (χ1n) is 5.25. The number of rotatable bonds is 6. The van der Waals surface area contributed by atoms with Crippen molar-refractivity contribution in [1.29, 1.82) is 0 Å². The van der Waals surface area contributed by atoms with E-state index in [0.29, 0.717) is 13.2 Å². The Morgan fingerprint density at radius 2 is 2.29 bits per heavy atom. The molecular weight excluding hydrogens is 242 g/mol. The van der Waals surface area contributed by atoms with Crippen molar-refractivity contribution >= 4 is 23.3 Å². The predicted molar refractivity (Wildman–Crippen MR) is 64.2 cm³/mol. The molecule has 1 aromatic heterocycles. The van der Waals surface area contributed by atoms with E-state index >= 15 is 0 Å². The van der Waals surface area contributed by atoms with Gasteiger partial charge in [0.1, 0.15) is 6.04 Å². The predicted octanol–water partition coefficient (Wildman–Crippen LogP) is 1.49. The van der Waals surface area contributed by atoms with Gasteiger partial charge in [0.25, 0.3) is 0 Å². The van der Waals surface area contributed by atoms with Gasteiger partial charge in [0.15, 0.2) is 0 Å². The highest BCUT2D eigenvalue weighted by atomic mass is 32.1. The van der Waals surface area contributed by atoms with E-state index in [9.17, 15) is 9.59 Å². The molecule has 0 aliphatic heterocycles. The number of esters is 1. The van der Waals surface area contributed by atoms with Crippen molar-refractivity contribution in [1.82, 2.24) is 5.32 Å². The van der Waals surface area contributed by atoms with Crippen LogP contribution in [0.5, 0.6) is 0 Å². The van der Waals surface area contributed by atoms with Crippen LogP contribution in [0.25, 0.3) is 0 Å². The van der Waals surface area contributed by atoms with Crippen molar-refractivity contribution in [2.24, 2.45) is 0 Å². The minimum Gasteiger partial charge on any atom is -0.478 e. The lowest BCUT2D eigenvalue weighted by molar-refractivity contribution is -0.145. The molecule has 0 aliphatic carbocycles. The average Bonchev–Trinajstić information content (AvgIpc) is 2.75. The fourth-order valence-electron chi connectivity index (χ4n) is 1.19. The van der Waals surface area contributed by atoms with Gasteiger partial charge in [0.2, 0.25) is 0 Å². The van der Waals surface area contributed by atoms with Gasteiger partial charge in [-0.2, -0.15) is 0 Å². The van der Waals surface area contributed by atoms with Crippen LogP contribution in [0.4, 0.5) is 0 Å². The number of aromatic carboxylic acids is 1. The van der Waals surface area contributed by atoms with Gasteiger partial charge in [-0.15, -0.1) is 11.3 Å². The maximum Gasteiger partial charge on any atom is 0.336 e. The molecule has 6 heteroatoms. The van der Waals surface area contributed by atoms with E-state index in [1.54, 1.807) is 25.3 Å². The van der Waals surface area contributed by atoms with Crippen molar-refractivity contribution in [2.45, 2.75) is 26.4 Å². The molecule has 1 heterocycles. The normalized spacial score (nSPS) is 12.1. The van der Waals surface area contributed by atoms with E-state index in [2.05, 4.69) is 5.32 Å². The van der Waals surface area contributed by atoms with Gasteiger partial charge in [-0.05, 0) is 19.9 Å². The molecule has 1 rings (SSSR count). The first kappa shape index (κ1) is 13.7. The summed E-state index contributed by atoms with van der Waals surface area (Å²) in [5.74, 6) is -1.24. The average molecular weight is 257 g/mol. The molecule has 5 nitrogen and oxygen atoms in total. The fraction of sp³-hybridized carbons (Fsp3) is 0.455. The summed E-state index contributed by atoms with van der Waals surface area (Å²) in [7, 11) is 0. The SMILES string of the molecule is CCOC(=O)C(C)NCc1cc(C(=O)O)cs1. The highest BCUT2D eigenvalue weighted by Gasteiger charge is 2.13. The molecule has 0 aliphatic rings. The molecule has 0 radical (unpaired) electrons. The van der Waals surface area contributed by atoms with Crippen LogP contribution in [-0.2, 0) is 16.1 Å². The Hall–Kier alpha value is -1.40. The topological polar surface area (TPSA) is 75.6 Å². The Morgan fingerprint density at radius 3 is 2.82 bits per heavy atom. The standard InChI is InChI=1S/C11H15NO4S/c1-3-16-11(15)7(2)12-5-9-4-8(6-17-9)10(13)14/h4,6-7,12H,3,5H2,1-2H3,(H,13,14). The molecular formula is C11H15NO4S. The van der Waals surface area contributed by atoms with Crippen LogP contribution in [0.2, 0.25) is 0 Å². The van der Waals surface area contributed by atoms with E-state index in [1.807, 2.05) is 0 Å². The molecule has 0 bridgehead atoms. The van der Waals surface area contributed by atoms with Crippen molar-refractivity contribution in [3.63, 3.8) is 0 Å². The summed E-state index contributed by atoms with van der Waals surface area (Å²) in [6.07, 6.45) is 0. The number of carbonyl (C=O) groups excluding carboxylic acids is 1. The van der Waals surface area contributed by atoms with Crippen LogP contribution in [0.3, 0.4) is 0 Å². The summed E-state index contributed by atoms with van der Waals surface area (Å²) in [5.41, 5.74) is 0.274. The Bertz CT molecular complexity index is 402. The number of carbonyl (C=O) groups is 2. The van der Waals surface area contributed by atoms with Crippen LogP contribution >= 0.6 is 11.3 Å². The Balaban J connectivity index is 2.44. The molecule has 17 heavy (non-hydrogen) atoms. The van der Waals surface area contributed by atoms with Crippen molar-refractivity contribution < 1.29 is 19.4 Å². The van der Waals surface area contributed by atoms with E-state index in [4.69, 9.17) is 9.84 Å². The van der Waals surface area contributed by atoms with E-state index in [1.165, 1.54) is 11.3 Å². The number of thiophene rings is 1. The van der Waals surface area contributed by atoms with Crippen LogP contribution < -0.4 is 5.32 Å². The van der Waals surface area contributed by atoms with Gasteiger partial charge in [0, 0.05) is 16.8 Å². The van der Waals surface area contributed by atoms with E-state index in [-0.39, 0.29) is 11.5 Å². The first-order valence-corrected chi connectivity index (χ1v) is 6.13. The molecule has 0 fully saturated rings. The maximum atomic E-state index is 11.3. The summed E-state index contributed by atoms with van der Waals surface area (Å²) in [4.78, 5) is 22.8. The second-order valence-corrected chi connectivity index (χ2v) is 4.46. The number of carboxylic acids is 1. The van der Waals surface area contributed by atoms with Gasteiger partial charge in [0.05, 0.1) is 12.2 Å². The highest BCUT2D eigenvalue weighted by molar-refractivity contribution is 7.10. The summed E-state index contributed by atoms with van der Waals surface area (Å²) >= 11 is 1.35. The lowest BCUT2D eigenvalue weighted by Gasteiger charge is -2.11. The van der Waals surface area contributed by atoms with Gasteiger partial charge in [-0.3, -0.25) is 10.1 Å². The molecule has 1 aromatic rings.